The zero-order chi connectivity index (χ0) is 19.8. The Kier molecular flexibility index (Phi) is 5.61. The monoisotopic (exact) mass is 423 g/mol. The number of rotatable bonds is 4. The lowest BCUT2D eigenvalue weighted by atomic mass is 10.0. The molecular weight excluding hydrogens is 402 g/mol. The first kappa shape index (κ1) is 20.2. The summed E-state index contributed by atoms with van der Waals surface area (Å²) in [6.07, 6.45) is 4.32. The molecular formula is C23H22ClN3O3. The van der Waals surface area contributed by atoms with Crippen LogP contribution in [0.2, 0.25) is 0 Å². The lowest BCUT2D eigenvalue weighted by molar-refractivity contribution is 0.300. The van der Waals surface area contributed by atoms with Crippen molar-refractivity contribution in [2.45, 2.75) is 32.5 Å². The van der Waals surface area contributed by atoms with Crippen molar-refractivity contribution >= 4 is 23.4 Å². The predicted octanol–water partition coefficient (Wildman–Crippen LogP) is 4.01. The van der Waals surface area contributed by atoms with E-state index in [0.717, 1.165) is 41.1 Å². The van der Waals surface area contributed by atoms with Crippen molar-refractivity contribution in [1.29, 1.82) is 0 Å². The average Bonchev–Trinajstić information content (AvgIpc) is 3.09. The fourth-order valence-corrected chi connectivity index (χ4v) is 3.73. The van der Waals surface area contributed by atoms with Gasteiger partial charge in [0.1, 0.15) is 23.7 Å². The summed E-state index contributed by atoms with van der Waals surface area (Å²) in [6, 6.07) is 15.2. The van der Waals surface area contributed by atoms with Gasteiger partial charge in [0.2, 0.25) is 0 Å². The minimum Gasteiger partial charge on any atom is -0.487 e. The first-order valence-electron chi connectivity index (χ1n) is 9.71. The van der Waals surface area contributed by atoms with Crippen LogP contribution < -0.4 is 15.6 Å². The zero-order valence-corrected chi connectivity index (χ0v) is 17.3. The Morgan fingerprint density at radius 1 is 1.23 bits per heavy atom. The number of benzene rings is 1. The Balaban J connectivity index is 0.00000218. The molecule has 0 fully saturated rings. The Hall–Kier alpha value is -3.09. The van der Waals surface area contributed by atoms with E-state index < -0.39 is 0 Å². The molecule has 6 nitrogen and oxygen atoms in total. The summed E-state index contributed by atoms with van der Waals surface area (Å²) in [5.41, 5.74) is 3.45. The lowest BCUT2D eigenvalue weighted by Gasteiger charge is -2.18. The third kappa shape index (κ3) is 3.84. The fourth-order valence-electron chi connectivity index (χ4n) is 3.73. The number of furan rings is 1. The number of pyridine rings is 2. The van der Waals surface area contributed by atoms with Crippen molar-refractivity contribution in [2.75, 3.05) is 0 Å². The summed E-state index contributed by atoms with van der Waals surface area (Å²) >= 11 is 0. The molecule has 5 rings (SSSR count). The van der Waals surface area contributed by atoms with Gasteiger partial charge in [0.05, 0.1) is 11.4 Å². The van der Waals surface area contributed by atoms with Crippen LogP contribution in [0, 0.1) is 0 Å². The second-order valence-electron chi connectivity index (χ2n) is 7.35. The molecule has 0 bridgehead atoms. The van der Waals surface area contributed by atoms with E-state index in [0.29, 0.717) is 18.4 Å². The highest BCUT2D eigenvalue weighted by Gasteiger charge is 2.21. The second kappa shape index (κ2) is 8.34. The first-order chi connectivity index (χ1) is 14.2. The third-order valence-electron chi connectivity index (χ3n) is 5.26. The van der Waals surface area contributed by atoms with Gasteiger partial charge in [0, 0.05) is 54.5 Å². The molecule has 4 aromatic rings. The molecule has 7 heteroatoms. The molecule has 0 saturated carbocycles. The van der Waals surface area contributed by atoms with E-state index in [-0.39, 0.29) is 18.0 Å². The molecule has 0 spiro atoms. The van der Waals surface area contributed by atoms with Gasteiger partial charge in [-0.2, -0.15) is 0 Å². The normalized spacial score (nSPS) is 15.4. The third-order valence-corrected chi connectivity index (χ3v) is 5.26. The maximum atomic E-state index is 12.7. The number of nitrogens with zero attached hydrogens (tertiary/aromatic N) is 2. The molecule has 0 unspecified atom stereocenters. The minimum atomic E-state index is -0.158. The van der Waals surface area contributed by atoms with Crippen molar-refractivity contribution < 1.29 is 9.15 Å². The molecule has 1 aromatic carbocycles. The van der Waals surface area contributed by atoms with Gasteiger partial charge in [0.25, 0.3) is 5.56 Å². The highest BCUT2D eigenvalue weighted by Crippen LogP contribution is 2.30. The van der Waals surface area contributed by atoms with Crippen molar-refractivity contribution in [1.82, 2.24) is 14.9 Å². The minimum absolute atomic E-state index is 0. The van der Waals surface area contributed by atoms with E-state index in [4.69, 9.17) is 9.15 Å². The van der Waals surface area contributed by atoms with Crippen LogP contribution in [0.1, 0.15) is 23.9 Å². The van der Waals surface area contributed by atoms with Gasteiger partial charge in [-0.25, -0.2) is 0 Å². The van der Waals surface area contributed by atoms with Crippen LogP contribution in [0.5, 0.6) is 5.75 Å². The van der Waals surface area contributed by atoms with Crippen LogP contribution in [0.4, 0.5) is 0 Å². The molecule has 0 radical (unpaired) electrons. The second-order valence-corrected chi connectivity index (χ2v) is 7.35. The van der Waals surface area contributed by atoms with E-state index in [1.54, 1.807) is 23.0 Å². The maximum Gasteiger partial charge on any atom is 0.258 e. The summed E-state index contributed by atoms with van der Waals surface area (Å²) in [4.78, 5) is 16.9. The standard InChI is InChI=1S/C23H21N3O3.ClH/c1-15-10-21-20(13-25-15)19-6-5-17(11-22(19)29-21)26-9-7-18(12-23(26)27)28-14-16-4-2-3-8-24-16;/h2-9,11-12,15,25H,10,13-14H2,1H3;1H/t15-;/m1./s1. The summed E-state index contributed by atoms with van der Waals surface area (Å²) in [5.74, 6) is 1.56. The van der Waals surface area contributed by atoms with E-state index in [2.05, 4.69) is 17.2 Å². The van der Waals surface area contributed by atoms with Gasteiger partial charge in [-0.05, 0) is 37.3 Å². The van der Waals surface area contributed by atoms with Gasteiger partial charge in [-0.1, -0.05) is 6.07 Å². The molecule has 1 atom stereocenters. The fraction of sp³-hybridized carbons (Fsp3) is 0.217. The summed E-state index contributed by atoms with van der Waals surface area (Å²) < 4.78 is 13.4. The summed E-state index contributed by atoms with van der Waals surface area (Å²) in [5, 5.41) is 4.57. The molecule has 3 aromatic heterocycles. The Morgan fingerprint density at radius 3 is 2.93 bits per heavy atom. The van der Waals surface area contributed by atoms with Crippen molar-refractivity contribution in [2.24, 2.45) is 0 Å². The highest BCUT2D eigenvalue weighted by molar-refractivity contribution is 5.85. The average molecular weight is 424 g/mol. The van der Waals surface area contributed by atoms with Gasteiger partial charge in [-0.3, -0.25) is 14.3 Å². The first-order valence-corrected chi connectivity index (χ1v) is 9.71. The van der Waals surface area contributed by atoms with Crippen LogP contribution in [-0.4, -0.2) is 15.6 Å². The number of aromatic nitrogens is 2. The van der Waals surface area contributed by atoms with Crippen LogP contribution in [-0.2, 0) is 19.6 Å². The van der Waals surface area contributed by atoms with Crippen LogP contribution >= 0.6 is 12.4 Å². The van der Waals surface area contributed by atoms with Gasteiger partial charge >= 0.3 is 0 Å². The predicted molar refractivity (Wildman–Crippen MR) is 118 cm³/mol. The zero-order valence-electron chi connectivity index (χ0n) is 16.5. The number of fused-ring (bicyclic) bond motifs is 3. The van der Waals surface area contributed by atoms with Crippen molar-refractivity contribution in [3.8, 4) is 11.4 Å². The smallest absolute Gasteiger partial charge is 0.258 e. The van der Waals surface area contributed by atoms with Gasteiger partial charge < -0.3 is 14.5 Å². The number of hydrogen-bond acceptors (Lipinski definition) is 5. The quantitative estimate of drug-likeness (QED) is 0.537. The molecule has 1 N–H and O–H groups in total. The van der Waals surface area contributed by atoms with E-state index in [9.17, 15) is 4.79 Å². The topological polar surface area (TPSA) is 69.3 Å². The lowest BCUT2D eigenvalue weighted by Crippen LogP contribution is -2.32. The van der Waals surface area contributed by atoms with E-state index in [1.165, 1.54) is 11.6 Å². The van der Waals surface area contributed by atoms with Crippen LogP contribution in [0.25, 0.3) is 16.7 Å². The van der Waals surface area contributed by atoms with Gasteiger partial charge in [-0.15, -0.1) is 12.4 Å². The number of halogens is 1. The van der Waals surface area contributed by atoms with Crippen LogP contribution in [0.3, 0.4) is 0 Å². The Morgan fingerprint density at radius 2 is 2.13 bits per heavy atom. The number of hydrogen-bond donors (Lipinski definition) is 1. The molecule has 1 aliphatic heterocycles. The molecule has 1 aliphatic rings. The van der Waals surface area contributed by atoms with Crippen molar-refractivity contribution in [3.05, 3.63) is 88.3 Å². The van der Waals surface area contributed by atoms with Crippen LogP contribution in [0.15, 0.2) is 70.1 Å². The summed E-state index contributed by atoms with van der Waals surface area (Å²) in [7, 11) is 0. The van der Waals surface area contributed by atoms with E-state index >= 15 is 0 Å². The number of nitrogens with one attached hydrogen (secondary N) is 1. The molecule has 154 valence electrons. The summed E-state index contributed by atoms with van der Waals surface area (Å²) in [6.45, 7) is 3.28. The van der Waals surface area contributed by atoms with Gasteiger partial charge in [0.15, 0.2) is 0 Å². The molecule has 0 aliphatic carbocycles. The molecule has 4 heterocycles. The molecule has 0 amide bonds. The molecule has 30 heavy (non-hydrogen) atoms. The molecule has 0 saturated heterocycles. The highest BCUT2D eigenvalue weighted by atomic mass is 35.5. The van der Waals surface area contributed by atoms with E-state index in [1.807, 2.05) is 36.4 Å². The number of ether oxygens (including phenoxy) is 1. The SMILES string of the molecule is C[C@@H]1Cc2oc3cc(-n4ccc(OCc5ccccn5)cc4=O)ccc3c2CN1.Cl. The largest absolute Gasteiger partial charge is 0.487 e. The maximum absolute atomic E-state index is 12.7. The van der Waals surface area contributed by atoms with Crippen molar-refractivity contribution in [3.63, 3.8) is 0 Å². The Bertz CT molecular complexity index is 1230. The Labute approximate surface area is 179 Å².